The Morgan fingerprint density at radius 2 is 1.75 bits per heavy atom. The van der Waals surface area contributed by atoms with Gasteiger partial charge in [0.1, 0.15) is 0 Å². The molecule has 1 aromatic rings. The highest BCUT2D eigenvalue weighted by atomic mass is 16.4. The standard InChI is InChI=1S/C17H18N2O5/c20-14(18-11-6-5-10(9-11)17(23)24)7-8-19-15(21)12-3-1-2-4-13(12)16(19)22/h1-4,10-11H,5-9H2,(H,18,20)(H,23,24)/t10-,11+/m1/s1. The summed E-state index contributed by atoms with van der Waals surface area (Å²) in [5, 5.41) is 11.7. The predicted octanol–water partition coefficient (Wildman–Crippen LogP) is 1.04. The number of rotatable bonds is 5. The minimum absolute atomic E-state index is 0.0136. The molecule has 7 nitrogen and oxygen atoms in total. The van der Waals surface area contributed by atoms with Crippen LogP contribution in [0.5, 0.6) is 0 Å². The molecule has 2 N–H and O–H groups in total. The van der Waals surface area contributed by atoms with Gasteiger partial charge in [-0.3, -0.25) is 24.1 Å². The average molecular weight is 330 g/mol. The van der Waals surface area contributed by atoms with E-state index in [-0.39, 0.29) is 36.7 Å². The van der Waals surface area contributed by atoms with E-state index in [0.717, 1.165) is 4.90 Å². The maximum absolute atomic E-state index is 12.2. The molecule has 1 saturated carbocycles. The molecule has 2 aliphatic rings. The van der Waals surface area contributed by atoms with Crippen LogP contribution in [0.3, 0.4) is 0 Å². The quantitative estimate of drug-likeness (QED) is 0.785. The fourth-order valence-corrected chi connectivity index (χ4v) is 3.29. The van der Waals surface area contributed by atoms with E-state index in [0.29, 0.717) is 30.4 Å². The van der Waals surface area contributed by atoms with Crippen LogP contribution in [0, 0.1) is 5.92 Å². The van der Waals surface area contributed by atoms with Gasteiger partial charge >= 0.3 is 5.97 Å². The summed E-state index contributed by atoms with van der Waals surface area (Å²) in [6.07, 6.45) is 1.63. The number of nitrogens with zero attached hydrogens (tertiary/aromatic N) is 1. The summed E-state index contributed by atoms with van der Waals surface area (Å²) in [7, 11) is 0. The lowest BCUT2D eigenvalue weighted by Crippen LogP contribution is -2.37. The topological polar surface area (TPSA) is 104 Å². The van der Waals surface area contributed by atoms with Gasteiger partial charge in [0.2, 0.25) is 5.91 Å². The van der Waals surface area contributed by atoms with Gasteiger partial charge in [-0.25, -0.2) is 0 Å². The zero-order valence-electron chi connectivity index (χ0n) is 13.0. The van der Waals surface area contributed by atoms with E-state index < -0.39 is 11.9 Å². The summed E-state index contributed by atoms with van der Waals surface area (Å²) < 4.78 is 0. The predicted molar refractivity (Wildman–Crippen MR) is 83.3 cm³/mol. The molecule has 1 fully saturated rings. The van der Waals surface area contributed by atoms with Crippen molar-refractivity contribution >= 4 is 23.7 Å². The molecule has 0 aromatic heterocycles. The van der Waals surface area contributed by atoms with Gasteiger partial charge < -0.3 is 10.4 Å². The van der Waals surface area contributed by atoms with Crippen LogP contribution in [0.25, 0.3) is 0 Å². The summed E-state index contributed by atoms with van der Waals surface area (Å²) in [4.78, 5) is 48.4. The Labute approximate surface area is 138 Å². The Hall–Kier alpha value is -2.70. The first-order valence-electron chi connectivity index (χ1n) is 7.94. The molecule has 1 aromatic carbocycles. The van der Waals surface area contributed by atoms with Crippen molar-refractivity contribution in [1.82, 2.24) is 10.2 Å². The summed E-state index contributed by atoms with van der Waals surface area (Å²) in [6.45, 7) is 0.0211. The van der Waals surface area contributed by atoms with Gasteiger partial charge in [-0.05, 0) is 31.4 Å². The third kappa shape index (κ3) is 3.02. The maximum Gasteiger partial charge on any atom is 0.306 e. The van der Waals surface area contributed by atoms with Crippen LogP contribution in [-0.2, 0) is 9.59 Å². The van der Waals surface area contributed by atoms with Crippen molar-refractivity contribution in [3.8, 4) is 0 Å². The number of fused-ring (bicyclic) bond motifs is 1. The van der Waals surface area contributed by atoms with Crippen LogP contribution in [0.1, 0.15) is 46.4 Å². The zero-order valence-corrected chi connectivity index (χ0v) is 13.0. The molecule has 3 rings (SSSR count). The van der Waals surface area contributed by atoms with Gasteiger partial charge in [-0.1, -0.05) is 12.1 Å². The molecule has 0 spiro atoms. The number of carbonyl (C=O) groups excluding carboxylic acids is 3. The van der Waals surface area contributed by atoms with Gasteiger partial charge in [-0.2, -0.15) is 0 Å². The van der Waals surface area contributed by atoms with Crippen LogP contribution >= 0.6 is 0 Å². The number of hydrogen-bond acceptors (Lipinski definition) is 4. The van der Waals surface area contributed by atoms with E-state index in [4.69, 9.17) is 5.11 Å². The first kappa shape index (κ1) is 16.2. The molecule has 2 atom stereocenters. The summed E-state index contributed by atoms with van der Waals surface area (Å²) in [5.74, 6) is -2.28. The highest BCUT2D eigenvalue weighted by molar-refractivity contribution is 6.21. The van der Waals surface area contributed by atoms with Gasteiger partial charge in [-0.15, -0.1) is 0 Å². The molecule has 3 amide bonds. The first-order chi connectivity index (χ1) is 11.5. The molecule has 126 valence electrons. The third-order valence-electron chi connectivity index (χ3n) is 4.59. The second kappa shape index (κ2) is 6.43. The minimum atomic E-state index is -0.835. The number of carboxylic acid groups (broad SMARTS) is 1. The van der Waals surface area contributed by atoms with Crippen LogP contribution in [0.15, 0.2) is 24.3 Å². The monoisotopic (exact) mass is 330 g/mol. The van der Waals surface area contributed by atoms with Crippen molar-refractivity contribution in [3.63, 3.8) is 0 Å². The van der Waals surface area contributed by atoms with E-state index in [2.05, 4.69) is 5.32 Å². The SMILES string of the molecule is O=C(CCN1C(=O)c2ccccc2C1=O)N[C@H]1CC[C@@H](C(=O)O)C1. The number of hydrogen-bond donors (Lipinski definition) is 2. The van der Waals surface area contributed by atoms with Crippen molar-refractivity contribution < 1.29 is 24.3 Å². The fourth-order valence-electron chi connectivity index (χ4n) is 3.29. The number of carboxylic acids is 1. The van der Waals surface area contributed by atoms with Gasteiger partial charge in [0.25, 0.3) is 11.8 Å². The van der Waals surface area contributed by atoms with Gasteiger partial charge in [0.15, 0.2) is 0 Å². The Balaban J connectivity index is 1.52. The first-order valence-corrected chi connectivity index (χ1v) is 7.94. The summed E-state index contributed by atoms with van der Waals surface area (Å²) in [5.41, 5.74) is 0.728. The van der Waals surface area contributed by atoms with E-state index in [1.807, 2.05) is 0 Å². The van der Waals surface area contributed by atoms with Crippen LogP contribution in [-0.4, -0.2) is 46.3 Å². The molecule has 0 unspecified atom stereocenters. The molecule has 24 heavy (non-hydrogen) atoms. The van der Waals surface area contributed by atoms with Crippen LogP contribution < -0.4 is 5.32 Å². The van der Waals surface area contributed by atoms with Crippen molar-refractivity contribution in [2.45, 2.75) is 31.7 Å². The lowest BCUT2D eigenvalue weighted by atomic mass is 10.1. The largest absolute Gasteiger partial charge is 0.481 e. The van der Waals surface area contributed by atoms with Gasteiger partial charge in [0.05, 0.1) is 17.0 Å². The van der Waals surface area contributed by atoms with Crippen molar-refractivity contribution in [2.24, 2.45) is 5.92 Å². The average Bonchev–Trinajstić information content (AvgIpc) is 3.11. The third-order valence-corrected chi connectivity index (χ3v) is 4.59. The number of amides is 3. The minimum Gasteiger partial charge on any atom is -0.481 e. The van der Waals surface area contributed by atoms with E-state index in [1.165, 1.54) is 0 Å². The molecule has 0 saturated heterocycles. The van der Waals surface area contributed by atoms with Crippen molar-refractivity contribution in [1.29, 1.82) is 0 Å². The Kier molecular flexibility index (Phi) is 4.33. The van der Waals surface area contributed by atoms with E-state index in [9.17, 15) is 19.2 Å². The lowest BCUT2D eigenvalue weighted by Gasteiger charge is -2.16. The molecule has 1 heterocycles. The maximum atomic E-state index is 12.2. The Morgan fingerprint density at radius 3 is 2.29 bits per heavy atom. The summed E-state index contributed by atoms with van der Waals surface area (Å²) >= 11 is 0. The molecule has 0 radical (unpaired) electrons. The lowest BCUT2D eigenvalue weighted by molar-refractivity contribution is -0.141. The van der Waals surface area contributed by atoms with E-state index in [1.54, 1.807) is 24.3 Å². The number of carbonyl (C=O) groups is 4. The Morgan fingerprint density at radius 1 is 1.12 bits per heavy atom. The highest BCUT2D eigenvalue weighted by Gasteiger charge is 2.35. The second-order valence-corrected chi connectivity index (χ2v) is 6.17. The Bertz CT molecular complexity index is 680. The van der Waals surface area contributed by atoms with Gasteiger partial charge in [0, 0.05) is 19.0 Å². The zero-order chi connectivity index (χ0) is 17.3. The molecule has 7 heteroatoms. The number of imide groups is 1. The number of aliphatic carboxylic acids is 1. The number of nitrogens with one attached hydrogen (secondary N) is 1. The van der Waals surface area contributed by atoms with E-state index >= 15 is 0 Å². The normalized spacial score (nSPS) is 22.6. The molecular weight excluding hydrogens is 312 g/mol. The molecule has 0 bridgehead atoms. The van der Waals surface area contributed by atoms with Crippen LogP contribution in [0.4, 0.5) is 0 Å². The molecule has 1 aliphatic heterocycles. The highest BCUT2D eigenvalue weighted by Crippen LogP contribution is 2.26. The molecular formula is C17H18N2O5. The van der Waals surface area contributed by atoms with Crippen molar-refractivity contribution in [3.05, 3.63) is 35.4 Å². The summed E-state index contributed by atoms with van der Waals surface area (Å²) in [6, 6.07) is 6.43. The molecule has 1 aliphatic carbocycles. The second-order valence-electron chi connectivity index (χ2n) is 6.17. The fraction of sp³-hybridized carbons (Fsp3) is 0.412. The number of benzene rings is 1. The van der Waals surface area contributed by atoms with Crippen LogP contribution in [0.2, 0.25) is 0 Å². The smallest absolute Gasteiger partial charge is 0.306 e. The van der Waals surface area contributed by atoms with Crippen molar-refractivity contribution in [2.75, 3.05) is 6.54 Å².